The Hall–Kier alpha value is -2.21. The minimum Gasteiger partial charge on any atom is -0.496 e. The number of hydrogen-bond donors (Lipinski definition) is 1. The van der Waals surface area contributed by atoms with E-state index in [-0.39, 0.29) is 4.90 Å². The van der Waals surface area contributed by atoms with E-state index in [0.29, 0.717) is 22.7 Å². The average molecular weight is 321 g/mol. The van der Waals surface area contributed by atoms with Gasteiger partial charge in [0.25, 0.3) is 10.0 Å². The molecule has 0 atom stereocenters. The number of ether oxygens (including phenoxy) is 2. The SMILES string of the molecule is COc1ccccc1NS(=O)(=O)c1ccc(OC)c(C)c1C. The summed E-state index contributed by atoms with van der Waals surface area (Å²) >= 11 is 0. The van der Waals surface area contributed by atoms with Crippen molar-refractivity contribution in [2.24, 2.45) is 0 Å². The van der Waals surface area contributed by atoms with Gasteiger partial charge in [0, 0.05) is 0 Å². The monoisotopic (exact) mass is 321 g/mol. The van der Waals surface area contributed by atoms with Gasteiger partial charge in [-0.1, -0.05) is 12.1 Å². The molecule has 22 heavy (non-hydrogen) atoms. The van der Waals surface area contributed by atoms with E-state index >= 15 is 0 Å². The van der Waals surface area contributed by atoms with Gasteiger partial charge in [-0.25, -0.2) is 8.42 Å². The summed E-state index contributed by atoms with van der Waals surface area (Å²) in [7, 11) is -0.655. The molecular weight excluding hydrogens is 302 g/mol. The van der Waals surface area contributed by atoms with Crippen LogP contribution in [0.3, 0.4) is 0 Å². The number of rotatable bonds is 5. The van der Waals surface area contributed by atoms with E-state index in [1.165, 1.54) is 7.11 Å². The van der Waals surface area contributed by atoms with Crippen molar-refractivity contribution in [1.82, 2.24) is 0 Å². The second-order valence-corrected chi connectivity index (χ2v) is 6.47. The highest BCUT2D eigenvalue weighted by atomic mass is 32.2. The molecule has 0 saturated carbocycles. The minimum atomic E-state index is -3.71. The predicted molar refractivity (Wildman–Crippen MR) is 86.3 cm³/mol. The van der Waals surface area contributed by atoms with E-state index < -0.39 is 10.0 Å². The molecule has 0 unspecified atom stereocenters. The van der Waals surface area contributed by atoms with Crippen molar-refractivity contribution < 1.29 is 17.9 Å². The lowest BCUT2D eigenvalue weighted by molar-refractivity contribution is 0.410. The van der Waals surface area contributed by atoms with Crippen LogP contribution < -0.4 is 14.2 Å². The highest BCUT2D eigenvalue weighted by Crippen LogP contribution is 2.30. The molecule has 6 heteroatoms. The van der Waals surface area contributed by atoms with Crippen LogP contribution in [0.5, 0.6) is 11.5 Å². The van der Waals surface area contributed by atoms with Gasteiger partial charge in [-0.2, -0.15) is 0 Å². The number of para-hydroxylation sites is 2. The molecule has 0 heterocycles. The largest absolute Gasteiger partial charge is 0.496 e. The molecule has 2 rings (SSSR count). The first-order chi connectivity index (χ1) is 10.4. The first-order valence-electron chi connectivity index (χ1n) is 6.70. The van der Waals surface area contributed by atoms with E-state index in [4.69, 9.17) is 9.47 Å². The van der Waals surface area contributed by atoms with Gasteiger partial charge in [-0.05, 0) is 49.2 Å². The van der Waals surface area contributed by atoms with Crippen molar-refractivity contribution in [2.45, 2.75) is 18.7 Å². The number of methoxy groups -OCH3 is 2. The number of sulfonamides is 1. The van der Waals surface area contributed by atoms with Gasteiger partial charge >= 0.3 is 0 Å². The maximum Gasteiger partial charge on any atom is 0.262 e. The van der Waals surface area contributed by atoms with Gasteiger partial charge in [0.05, 0.1) is 24.8 Å². The van der Waals surface area contributed by atoms with Crippen LogP contribution in [0, 0.1) is 13.8 Å². The van der Waals surface area contributed by atoms with Crippen LogP contribution in [0.25, 0.3) is 0 Å². The Kier molecular flexibility index (Phi) is 4.61. The zero-order valence-corrected chi connectivity index (χ0v) is 13.8. The Morgan fingerprint density at radius 3 is 2.14 bits per heavy atom. The van der Waals surface area contributed by atoms with Crippen LogP contribution in [-0.4, -0.2) is 22.6 Å². The zero-order valence-electron chi connectivity index (χ0n) is 13.0. The summed E-state index contributed by atoms with van der Waals surface area (Å²) in [5.74, 6) is 1.13. The third kappa shape index (κ3) is 3.01. The number of benzene rings is 2. The Morgan fingerprint density at radius 2 is 1.50 bits per heavy atom. The van der Waals surface area contributed by atoms with Gasteiger partial charge in [-0.3, -0.25) is 4.72 Å². The molecule has 0 aromatic heterocycles. The quantitative estimate of drug-likeness (QED) is 0.919. The lowest BCUT2D eigenvalue weighted by atomic mass is 10.1. The fourth-order valence-electron chi connectivity index (χ4n) is 2.21. The molecule has 2 aromatic rings. The summed E-state index contributed by atoms with van der Waals surface area (Å²) in [6.07, 6.45) is 0. The second-order valence-electron chi connectivity index (χ2n) is 4.82. The van der Waals surface area contributed by atoms with Crippen molar-refractivity contribution in [2.75, 3.05) is 18.9 Å². The van der Waals surface area contributed by atoms with E-state index in [0.717, 1.165) is 5.56 Å². The van der Waals surface area contributed by atoms with Gasteiger partial charge in [0.1, 0.15) is 11.5 Å². The van der Waals surface area contributed by atoms with Crippen molar-refractivity contribution >= 4 is 15.7 Å². The molecular formula is C16H19NO4S. The molecule has 1 N–H and O–H groups in total. The lowest BCUT2D eigenvalue weighted by Gasteiger charge is -2.15. The number of hydrogen-bond acceptors (Lipinski definition) is 4. The summed E-state index contributed by atoms with van der Waals surface area (Å²) in [5, 5.41) is 0. The average Bonchev–Trinajstić information content (AvgIpc) is 2.50. The van der Waals surface area contributed by atoms with Gasteiger partial charge in [0.2, 0.25) is 0 Å². The molecule has 0 aliphatic carbocycles. The van der Waals surface area contributed by atoms with E-state index in [2.05, 4.69) is 4.72 Å². The Morgan fingerprint density at radius 1 is 0.864 bits per heavy atom. The van der Waals surface area contributed by atoms with E-state index in [1.54, 1.807) is 50.4 Å². The first-order valence-corrected chi connectivity index (χ1v) is 8.19. The summed E-state index contributed by atoms with van der Waals surface area (Å²) < 4.78 is 38.2. The van der Waals surface area contributed by atoms with Gasteiger partial charge in [0.15, 0.2) is 0 Å². The van der Waals surface area contributed by atoms with Crippen molar-refractivity contribution in [3.8, 4) is 11.5 Å². The summed E-state index contributed by atoms with van der Waals surface area (Å²) in [6.45, 7) is 3.59. The molecule has 0 amide bonds. The maximum atomic E-state index is 12.6. The van der Waals surface area contributed by atoms with E-state index in [9.17, 15) is 8.42 Å². The Balaban J connectivity index is 2.46. The summed E-state index contributed by atoms with van der Waals surface area (Å²) in [6, 6.07) is 10.1. The highest BCUT2D eigenvalue weighted by Gasteiger charge is 2.20. The smallest absolute Gasteiger partial charge is 0.262 e. The van der Waals surface area contributed by atoms with Crippen LogP contribution in [0.1, 0.15) is 11.1 Å². The molecule has 0 bridgehead atoms. The van der Waals surface area contributed by atoms with Crippen LogP contribution in [0.15, 0.2) is 41.3 Å². The lowest BCUT2D eigenvalue weighted by Crippen LogP contribution is -2.15. The fourth-order valence-corrected chi connectivity index (χ4v) is 3.58. The minimum absolute atomic E-state index is 0.219. The molecule has 0 radical (unpaired) electrons. The molecule has 2 aromatic carbocycles. The summed E-state index contributed by atoms with van der Waals surface area (Å²) in [4.78, 5) is 0.219. The molecule has 0 aliphatic heterocycles. The normalized spacial score (nSPS) is 11.1. The van der Waals surface area contributed by atoms with Crippen LogP contribution in [-0.2, 0) is 10.0 Å². The molecule has 0 saturated heterocycles. The molecule has 0 spiro atoms. The van der Waals surface area contributed by atoms with Crippen molar-refractivity contribution in [3.63, 3.8) is 0 Å². The molecule has 0 fully saturated rings. The molecule has 0 aliphatic rings. The Labute approximate surface area is 130 Å². The van der Waals surface area contributed by atoms with Crippen molar-refractivity contribution in [1.29, 1.82) is 0 Å². The standard InChI is InChI=1S/C16H19NO4S/c1-11-12(2)16(10-9-14(11)20-3)22(18,19)17-13-7-5-6-8-15(13)21-4/h5-10,17H,1-4H3. The fraction of sp³-hybridized carbons (Fsp3) is 0.250. The third-order valence-electron chi connectivity index (χ3n) is 3.55. The van der Waals surface area contributed by atoms with Crippen LogP contribution in [0.4, 0.5) is 5.69 Å². The second kappa shape index (κ2) is 6.27. The molecule has 5 nitrogen and oxygen atoms in total. The topological polar surface area (TPSA) is 64.6 Å². The van der Waals surface area contributed by atoms with Crippen LogP contribution >= 0.6 is 0 Å². The highest BCUT2D eigenvalue weighted by molar-refractivity contribution is 7.92. The van der Waals surface area contributed by atoms with Crippen molar-refractivity contribution in [3.05, 3.63) is 47.5 Å². The summed E-state index contributed by atoms with van der Waals surface area (Å²) in [5.41, 5.74) is 1.85. The number of anilines is 1. The predicted octanol–water partition coefficient (Wildman–Crippen LogP) is 3.12. The van der Waals surface area contributed by atoms with E-state index in [1.807, 2.05) is 6.92 Å². The molecule has 118 valence electrons. The Bertz CT molecular complexity index is 785. The third-order valence-corrected chi connectivity index (χ3v) is 5.06. The van der Waals surface area contributed by atoms with Crippen LogP contribution in [0.2, 0.25) is 0 Å². The maximum absolute atomic E-state index is 12.6. The first kappa shape index (κ1) is 16.2. The van der Waals surface area contributed by atoms with Gasteiger partial charge in [-0.15, -0.1) is 0 Å². The number of nitrogens with one attached hydrogen (secondary N) is 1. The zero-order chi connectivity index (χ0) is 16.3. The van der Waals surface area contributed by atoms with Gasteiger partial charge < -0.3 is 9.47 Å².